The van der Waals surface area contributed by atoms with Crippen LogP contribution < -0.4 is 5.19 Å². The highest BCUT2D eigenvalue weighted by atomic mass is 28.4. The Balaban J connectivity index is 2.01. The van der Waals surface area contributed by atoms with Gasteiger partial charge in [-0.15, -0.1) is 0 Å². The van der Waals surface area contributed by atoms with Gasteiger partial charge in [0.1, 0.15) is 0 Å². The molecule has 0 bridgehead atoms. The summed E-state index contributed by atoms with van der Waals surface area (Å²) in [7, 11) is -3.45. The Morgan fingerprint density at radius 3 is 1.65 bits per heavy atom. The van der Waals surface area contributed by atoms with Crippen LogP contribution in [0.3, 0.4) is 0 Å². The first-order valence-electron chi connectivity index (χ1n) is 7.62. The maximum Gasteiger partial charge on any atom is 0.511 e. The maximum atomic E-state index is 13.4. The van der Waals surface area contributed by atoms with E-state index in [1.807, 2.05) is 48.5 Å². The fourth-order valence-electron chi connectivity index (χ4n) is 2.90. The molecular formula is C20H17F2Si. The van der Waals surface area contributed by atoms with Gasteiger partial charge in [0.15, 0.2) is 0 Å². The van der Waals surface area contributed by atoms with Gasteiger partial charge < -0.3 is 0 Å². The second-order valence-corrected chi connectivity index (χ2v) is 6.56. The van der Waals surface area contributed by atoms with Gasteiger partial charge in [0, 0.05) is 11.1 Å². The molecule has 115 valence electrons. The molecule has 0 saturated heterocycles. The Hall–Kier alpha value is -2.26. The zero-order valence-corrected chi connectivity index (χ0v) is 13.6. The fraction of sp³-hybridized carbons (Fsp3) is 0.100. The average molecular weight is 323 g/mol. The van der Waals surface area contributed by atoms with Crippen molar-refractivity contribution >= 4 is 14.7 Å². The second kappa shape index (κ2) is 7.33. The Kier molecular flexibility index (Phi) is 4.98. The van der Waals surface area contributed by atoms with Crippen molar-refractivity contribution < 1.29 is 8.22 Å². The van der Waals surface area contributed by atoms with Crippen molar-refractivity contribution in [2.75, 3.05) is 0 Å². The summed E-state index contributed by atoms with van der Waals surface area (Å²) in [6.07, 6.45) is 0.589. The summed E-state index contributed by atoms with van der Waals surface area (Å²) in [6, 6.07) is 27.1. The molecule has 0 atom stereocenters. The molecule has 0 saturated carbocycles. The summed E-state index contributed by atoms with van der Waals surface area (Å²) in [5.74, 6) is 0.0832. The molecule has 3 aromatic rings. The number of hydrogen-bond donors (Lipinski definition) is 0. The van der Waals surface area contributed by atoms with Crippen LogP contribution in [0.25, 0.3) is 0 Å². The van der Waals surface area contributed by atoms with Crippen molar-refractivity contribution in [3.63, 3.8) is 0 Å². The fourth-order valence-corrected chi connectivity index (χ4v) is 3.55. The van der Waals surface area contributed by atoms with Gasteiger partial charge in [-0.3, -0.25) is 8.22 Å². The van der Waals surface area contributed by atoms with Gasteiger partial charge in [-0.25, -0.2) is 0 Å². The van der Waals surface area contributed by atoms with Crippen molar-refractivity contribution in [1.82, 2.24) is 0 Å². The van der Waals surface area contributed by atoms with E-state index in [2.05, 4.69) is 24.3 Å². The minimum atomic E-state index is -3.45. The lowest BCUT2D eigenvalue weighted by Gasteiger charge is -2.19. The van der Waals surface area contributed by atoms with E-state index in [4.69, 9.17) is 0 Å². The lowest BCUT2D eigenvalue weighted by molar-refractivity contribution is 0.682. The molecule has 0 heterocycles. The number of hydrogen-bond acceptors (Lipinski definition) is 0. The molecule has 0 fully saturated rings. The van der Waals surface area contributed by atoms with Crippen LogP contribution in [0.4, 0.5) is 8.22 Å². The maximum absolute atomic E-state index is 13.4. The standard InChI is InChI=1S/C20H17F2Si/c21-23(22)20-14-8-7-13-18(20)15-19(16-9-3-1-4-10-16)17-11-5-2-6-12-17/h1-14,19H,15H2. The van der Waals surface area contributed by atoms with Crippen LogP contribution in [-0.2, 0) is 6.42 Å². The topological polar surface area (TPSA) is 0 Å². The lowest BCUT2D eigenvalue weighted by Crippen LogP contribution is -2.26. The van der Waals surface area contributed by atoms with Gasteiger partial charge in [-0.1, -0.05) is 84.9 Å². The minimum Gasteiger partial charge on any atom is -0.262 e. The number of halogens is 2. The van der Waals surface area contributed by atoms with Gasteiger partial charge in [-0.05, 0) is 23.1 Å². The van der Waals surface area contributed by atoms with Gasteiger partial charge in [0.05, 0.1) is 0 Å². The first-order valence-corrected chi connectivity index (χ1v) is 8.87. The molecule has 0 aliphatic heterocycles. The molecule has 0 N–H and O–H groups in total. The highest BCUT2D eigenvalue weighted by Gasteiger charge is 2.22. The van der Waals surface area contributed by atoms with Crippen LogP contribution in [0, 0.1) is 0 Å². The van der Waals surface area contributed by atoms with Crippen LogP contribution in [-0.4, -0.2) is 9.46 Å². The Labute approximate surface area is 137 Å². The van der Waals surface area contributed by atoms with Crippen LogP contribution in [0.2, 0.25) is 0 Å². The van der Waals surface area contributed by atoms with E-state index in [0.29, 0.717) is 6.42 Å². The lowest BCUT2D eigenvalue weighted by atomic mass is 9.86. The Morgan fingerprint density at radius 2 is 1.13 bits per heavy atom. The third kappa shape index (κ3) is 3.74. The van der Waals surface area contributed by atoms with Gasteiger partial charge in [0.2, 0.25) is 0 Å². The van der Waals surface area contributed by atoms with Crippen LogP contribution >= 0.6 is 0 Å². The monoisotopic (exact) mass is 323 g/mol. The second-order valence-electron chi connectivity index (χ2n) is 5.50. The molecule has 0 spiro atoms. The molecule has 0 amide bonds. The summed E-state index contributed by atoms with van der Waals surface area (Å²) < 4.78 is 26.8. The molecule has 3 heteroatoms. The minimum absolute atomic E-state index is 0.0832. The molecule has 3 aromatic carbocycles. The summed E-state index contributed by atoms with van der Waals surface area (Å²) in [5, 5.41) is 0.231. The molecule has 0 nitrogen and oxygen atoms in total. The van der Waals surface area contributed by atoms with Crippen molar-refractivity contribution in [2.45, 2.75) is 12.3 Å². The smallest absolute Gasteiger partial charge is 0.262 e. The molecule has 0 aromatic heterocycles. The predicted molar refractivity (Wildman–Crippen MR) is 92.5 cm³/mol. The molecule has 0 unspecified atom stereocenters. The molecule has 1 radical (unpaired) electrons. The summed E-state index contributed by atoms with van der Waals surface area (Å²) >= 11 is 0. The van der Waals surface area contributed by atoms with Crippen LogP contribution in [0.1, 0.15) is 22.6 Å². The SMILES string of the molecule is F[Si](F)c1ccccc1CC(c1ccccc1)c1ccccc1. The molecular weight excluding hydrogens is 306 g/mol. The predicted octanol–water partition coefficient (Wildman–Crippen LogP) is 4.70. The number of benzene rings is 3. The van der Waals surface area contributed by atoms with Crippen molar-refractivity contribution in [1.29, 1.82) is 0 Å². The van der Waals surface area contributed by atoms with E-state index in [9.17, 15) is 8.22 Å². The summed E-state index contributed by atoms with van der Waals surface area (Å²) in [4.78, 5) is 0. The van der Waals surface area contributed by atoms with E-state index in [0.717, 1.165) is 16.7 Å². The van der Waals surface area contributed by atoms with Gasteiger partial charge >= 0.3 is 9.46 Å². The summed E-state index contributed by atoms with van der Waals surface area (Å²) in [5.41, 5.74) is 3.06. The zero-order chi connectivity index (χ0) is 16.1. The highest BCUT2D eigenvalue weighted by Crippen LogP contribution is 2.28. The van der Waals surface area contributed by atoms with Gasteiger partial charge in [-0.2, -0.15) is 0 Å². The normalized spacial score (nSPS) is 11.1. The zero-order valence-electron chi connectivity index (χ0n) is 12.6. The van der Waals surface area contributed by atoms with Gasteiger partial charge in [0.25, 0.3) is 0 Å². The van der Waals surface area contributed by atoms with E-state index in [1.54, 1.807) is 12.1 Å². The molecule has 0 aliphatic rings. The number of rotatable bonds is 5. The third-order valence-electron chi connectivity index (χ3n) is 4.05. The first-order chi connectivity index (χ1) is 11.3. The van der Waals surface area contributed by atoms with E-state index < -0.39 is 9.46 Å². The third-order valence-corrected chi connectivity index (χ3v) is 4.94. The first kappa shape index (κ1) is 15.6. The quantitative estimate of drug-likeness (QED) is 0.472. The van der Waals surface area contributed by atoms with Crippen molar-refractivity contribution in [3.8, 4) is 0 Å². The summed E-state index contributed by atoms with van der Waals surface area (Å²) in [6.45, 7) is 0. The Bertz CT molecular complexity index is 702. The van der Waals surface area contributed by atoms with Crippen LogP contribution in [0.15, 0.2) is 84.9 Å². The van der Waals surface area contributed by atoms with E-state index in [-0.39, 0.29) is 11.1 Å². The largest absolute Gasteiger partial charge is 0.511 e. The van der Waals surface area contributed by atoms with Crippen LogP contribution in [0.5, 0.6) is 0 Å². The molecule has 23 heavy (non-hydrogen) atoms. The molecule has 0 aliphatic carbocycles. The Morgan fingerprint density at radius 1 is 0.652 bits per heavy atom. The molecule has 3 rings (SSSR count). The average Bonchev–Trinajstić information content (AvgIpc) is 2.61. The van der Waals surface area contributed by atoms with Crippen molar-refractivity contribution in [2.24, 2.45) is 0 Å². The van der Waals surface area contributed by atoms with E-state index in [1.165, 1.54) is 0 Å². The van der Waals surface area contributed by atoms with Crippen molar-refractivity contribution in [3.05, 3.63) is 102 Å². The highest BCUT2D eigenvalue weighted by molar-refractivity contribution is 6.60. The van der Waals surface area contributed by atoms with E-state index >= 15 is 0 Å².